The first-order chi connectivity index (χ1) is 4.47. The van der Waals surface area contributed by atoms with Crippen LogP contribution in [0, 0.1) is 0 Å². The van der Waals surface area contributed by atoms with Gasteiger partial charge in [0.25, 0.3) is 0 Å². The molecular weight excluding hydrogens is 114 g/mol. The molecule has 2 rings (SSSR count). The molecule has 0 radical (unpaired) electrons. The van der Waals surface area contributed by atoms with Crippen molar-refractivity contribution >= 4 is 6.08 Å². The highest BCUT2D eigenvalue weighted by Crippen LogP contribution is 2.11. The van der Waals surface area contributed by atoms with Crippen LogP contribution in [-0.2, 0) is 6.42 Å². The fourth-order valence-electron chi connectivity index (χ4n) is 0.876. The van der Waals surface area contributed by atoms with E-state index in [0.29, 0.717) is 0 Å². The molecule has 0 atom stereocenters. The normalized spacial score (nSPS) is 13.8. The van der Waals surface area contributed by atoms with E-state index in [9.17, 15) is 0 Å². The first-order valence-corrected chi connectivity index (χ1v) is 2.80. The fourth-order valence-corrected chi connectivity index (χ4v) is 0.876. The monoisotopic (exact) mass is 119 g/mol. The predicted molar refractivity (Wildman–Crippen MR) is 32.6 cm³/mol. The van der Waals surface area contributed by atoms with Gasteiger partial charge in [0.2, 0.25) is 0 Å². The van der Waals surface area contributed by atoms with Crippen LogP contribution >= 0.6 is 0 Å². The quantitative estimate of drug-likeness (QED) is 0.497. The third kappa shape index (κ3) is 0.614. The Bertz CT molecular complexity index is 254. The van der Waals surface area contributed by atoms with E-state index in [0.717, 1.165) is 17.8 Å². The van der Waals surface area contributed by atoms with Crippen molar-refractivity contribution < 1.29 is 0 Å². The topological polar surface area (TPSA) is 38.7 Å². The van der Waals surface area contributed by atoms with Crippen LogP contribution in [0.4, 0.5) is 0 Å². The van der Waals surface area contributed by atoms with E-state index < -0.39 is 0 Å². The van der Waals surface area contributed by atoms with E-state index in [-0.39, 0.29) is 0 Å². The van der Waals surface area contributed by atoms with Crippen LogP contribution in [0.25, 0.3) is 6.08 Å². The first-order valence-electron chi connectivity index (χ1n) is 2.80. The molecule has 0 N–H and O–H groups in total. The largest absolute Gasteiger partial charge is 0.237 e. The number of aromatic nitrogens is 3. The molecule has 1 aromatic heterocycles. The van der Waals surface area contributed by atoms with Crippen molar-refractivity contribution in [1.82, 2.24) is 15.2 Å². The van der Waals surface area contributed by atoms with Gasteiger partial charge in [-0.15, -0.1) is 10.2 Å². The van der Waals surface area contributed by atoms with Gasteiger partial charge >= 0.3 is 0 Å². The Hall–Kier alpha value is -1.25. The second kappa shape index (κ2) is 1.62. The van der Waals surface area contributed by atoms with Crippen LogP contribution < -0.4 is 0 Å². The van der Waals surface area contributed by atoms with Crippen molar-refractivity contribution in [2.75, 3.05) is 0 Å². The average Bonchev–Trinajstić information content (AvgIpc) is 2.33. The lowest BCUT2D eigenvalue weighted by Crippen LogP contribution is -1.92. The van der Waals surface area contributed by atoms with Crippen molar-refractivity contribution in [3.05, 3.63) is 23.8 Å². The fraction of sp³-hybridized carbons (Fsp3) is 0.167. The standard InChI is InChI=1S/C6H5N3/c1-2-5-6(3-1)9-8-4-7-5/h1,3-4H,2H2. The molecule has 0 bridgehead atoms. The van der Waals surface area contributed by atoms with E-state index in [1.165, 1.54) is 6.33 Å². The van der Waals surface area contributed by atoms with Gasteiger partial charge in [-0.2, -0.15) is 0 Å². The van der Waals surface area contributed by atoms with E-state index in [2.05, 4.69) is 15.2 Å². The summed E-state index contributed by atoms with van der Waals surface area (Å²) in [5.41, 5.74) is 1.95. The Morgan fingerprint density at radius 1 is 1.44 bits per heavy atom. The van der Waals surface area contributed by atoms with Crippen LogP contribution in [-0.4, -0.2) is 15.2 Å². The summed E-state index contributed by atoms with van der Waals surface area (Å²) < 4.78 is 0. The number of fused-ring (bicyclic) bond motifs is 1. The minimum absolute atomic E-state index is 0.908. The minimum Gasteiger partial charge on any atom is -0.237 e. The number of hydrogen-bond donors (Lipinski definition) is 0. The lowest BCUT2D eigenvalue weighted by Gasteiger charge is -1.89. The lowest BCUT2D eigenvalue weighted by atomic mass is 10.4. The Labute approximate surface area is 52.5 Å². The molecule has 44 valence electrons. The molecule has 9 heavy (non-hydrogen) atoms. The summed E-state index contributed by atoms with van der Waals surface area (Å²) in [5, 5.41) is 7.50. The Morgan fingerprint density at radius 3 is 3.33 bits per heavy atom. The molecule has 0 aliphatic heterocycles. The second-order valence-electron chi connectivity index (χ2n) is 1.90. The van der Waals surface area contributed by atoms with E-state index in [4.69, 9.17) is 0 Å². The van der Waals surface area contributed by atoms with Gasteiger partial charge in [0.15, 0.2) is 0 Å². The molecule has 0 aromatic carbocycles. The summed E-state index contributed by atoms with van der Waals surface area (Å²) in [6.07, 6.45) is 6.36. The summed E-state index contributed by atoms with van der Waals surface area (Å²) in [7, 11) is 0. The van der Waals surface area contributed by atoms with Gasteiger partial charge < -0.3 is 0 Å². The molecular formula is C6H5N3. The van der Waals surface area contributed by atoms with Crippen molar-refractivity contribution in [3.63, 3.8) is 0 Å². The minimum atomic E-state index is 0.908. The Morgan fingerprint density at radius 2 is 2.44 bits per heavy atom. The van der Waals surface area contributed by atoms with Gasteiger partial charge in [-0.05, 0) is 6.08 Å². The summed E-state index contributed by atoms with van der Waals surface area (Å²) in [6, 6.07) is 0. The van der Waals surface area contributed by atoms with Crippen molar-refractivity contribution in [3.8, 4) is 0 Å². The molecule has 1 aliphatic rings. The maximum absolute atomic E-state index is 4.02. The highest BCUT2D eigenvalue weighted by Gasteiger charge is 2.05. The summed E-state index contributed by atoms with van der Waals surface area (Å²) in [5.74, 6) is 0. The molecule has 0 saturated heterocycles. The highest BCUT2D eigenvalue weighted by molar-refractivity contribution is 5.52. The predicted octanol–water partition coefficient (Wildman–Crippen LogP) is 0.441. The number of rotatable bonds is 0. The van der Waals surface area contributed by atoms with E-state index in [1.807, 2.05) is 12.2 Å². The van der Waals surface area contributed by atoms with E-state index in [1.54, 1.807) is 0 Å². The van der Waals surface area contributed by atoms with Crippen LogP contribution in [0.2, 0.25) is 0 Å². The van der Waals surface area contributed by atoms with Crippen LogP contribution in [0.15, 0.2) is 12.4 Å². The summed E-state index contributed by atoms with van der Waals surface area (Å²) in [4.78, 5) is 4.02. The lowest BCUT2D eigenvalue weighted by molar-refractivity contribution is 0.920. The molecule has 1 heterocycles. The third-order valence-corrected chi connectivity index (χ3v) is 1.31. The summed E-state index contributed by atoms with van der Waals surface area (Å²) >= 11 is 0. The van der Waals surface area contributed by atoms with Crippen molar-refractivity contribution in [2.45, 2.75) is 6.42 Å². The molecule has 0 unspecified atom stereocenters. The van der Waals surface area contributed by atoms with Gasteiger partial charge in [-0.3, -0.25) is 0 Å². The van der Waals surface area contributed by atoms with Gasteiger partial charge in [-0.25, -0.2) is 4.98 Å². The van der Waals surface area contributed by atoms with Crippen LogP contribution in [0.3, 0.4) is 0 Å². The molecule has 0 spiro atoms. The Balaban J connectivity index is 2.63. The van der Waals surface area contributed by atoms with Gasteiger partial charge in [0.05, 0.1) is 5.69 Å². The smallest absolute Gasteiger partial charge is 0.138 e. The molecule has 0 saturated carbocycles. The Kier molecular flexibility index (Phi) is 0.828. The van der Waals surface area contributed by atoms with Gasteiger partial charge in [-0.1, -0.05) is 6.08 Å². The van der Waals surface area contributed by atoms with Crippen molar-refractivity contribution in [1.29, 1.82) is 0 Å². The average molecular weight is 119 g/mol. The second-order valence-corrected chi connectivity index (χ2v) is 1.90. The zero-order chi connectivity index (χ0) is 6.10. The third-order valence-electron chi connectivity index (χ3n) is 1.31. The van der Waals surface area contributed by atoms with Crippen molar-refractivity contribution in [2.24, 2.45) is 0 Å². The maximum Gasteiger partial charge on any atom is 0.138 e. The number of hydrogen-bond acceptors (Lipinski definition) is 3. The SMILES string of the molecule is C1=Cc2nncnc2C1. The molecule has 1 aliphatic carbocycles. The van der Waals surface area contributed by atoms with Crippen LogP contribution in [0.1, 0.15) is 11.4 Å². The molecule has 1 aromatic rings. The first kappa shape index (κ1) is 4.61. The van der Waals surface area contributed by atoms with Gasteiger partial charge in [0, 0.05) is 6.42 Å². The molecule has 0 fully saturated rings. The molecule has 3 nitrogen and oxygen atoms in total. The van der Waals surface area contributed by atoms with E-state index >= 15 is 0 Å². The zero-order valence-electron chi connectivity index (χ0n) is 4.78. The van der Waals surface area contributed by atoms with Crippen LogP contribution in [0.5, 0.6) is 0 Å². The number of nitrogens with zero attached hydrogens (tertiary/aromatic N) is 3. The highest BCUT2D eigenvalue weighted by atomic mass is 15.1. The molecule has 3 heteroatoms. The zero-order valence-corrected chi connectivity index (χ0v) is 4.78. The van der Waals surface area contributed by atoms with Gasteiger partial charge in [0.1, 0.15) is 12.0 Å². The summed E-state index contributed by atoms with van der Waals surface area (Å²) in [6.45, 7) is 0. The molecule has 0 amide bonds. The number of allylic oxidation sites excluding steroid dienone is 1. The maximum atomic E-state index is 4.02.